The molecule has 1 aromatic heterocycles. The number of unbranched alkanes of at least 4 members (excludes halogenated alkanes) is 4. The molecule has 0 radical (unpaired) electrons. The van der Waals surface area contributed by atoms with E-state index in [1.807, 2.05) is 0 Å². The molecule has 1 heterocycles. The number of H-pyrrole nitrogens is 1. The van der Waals surface area contributed by atoms with Gasteiger partial charge in [-0.05, 0) is 22.4 Å². The summed E-state index contributed by atoms with van der Waals surface area (Å²) in [5, 5.41) is 5.81. The molecule has 0 atom stereocenters. The Kier molecular flexibility index (Phi) is 5.45. The van der Waals surface area contributed by atoms with Crippen molar-refractivity contribution in [2.45, 2.75) is 45.6 Å². The molecule has 0 saturated heterocycles. The Bertz CT molecular complexity index is 438. The maximum Gasteiger partial charge on any atom is 0.344 e. The second kappa shape index (κ2) is 6.62. The molecule has 5 nitrogen and oxygen atoms in total. The molecule has 0 aliphatic rings. The summed E-state index contributed by atoms with van der Waals surface area (Å²) >= 11 is 3.00. The lowest BCUT2D eigenvalue weighted by molar-refractivity contribution is 0.531. The first-order valence-electron chi connectivity index (χ1n) is 5.51. The highest BCUT2D eigenvalue weighted by molar-refractivity contribution is 9.10. The van der Waals surface area contributed by atoms with E-state index < -0.39 is 5.69 Å². The fourth-order valence-electron chi connectivity index (χ4n) is 1.49. The van der Waals surface area contributed by atoms with Gasteiger partial charge in [0.15, 0.2) is 4.60 Å². The number of rotatable bonds is 6. The summed E-state index contributed by atoms with van der Waals surface area (Å²) in [6.07, 6.45) is 5.42. The fraction of sp³-hybridized carbons (Fsp3) is 0.700. The molecule has 0 aromatic carbocycles. The van der Waals surface area contributed by atoms with Gasteiger partial charge in [0.2, 0.25) is 0 Å². The SMILES string of the molecule is CCCCCCCn1c(=O)[nH]nc(Br)c1=O. The van der Waals surface area contributed by atoms with Gasteiger partial charge in [-0.15, -0.1) is 0 Å². The van der Waals surface area contributed by atoms with Crippen molar-refractivity contribution in [3.05, 3.63) is 25.4 Å². The zero-order valence-electron chi connectivity index (χ0n) is 9.33. The minimum atomic E-state index is -0.441. The van der Waals surface area contributed by atoms with Gasteiger partial charge in [-0.1, -0.05) is 32.6 Å². The second-order valence-corrected chi connectivity index (χ2v) is 4.44. The Morgan fingerprint density at radius 1 is 1.25 bits per heavy atom. The van der Waals surface area contributed by atoms with Crippen molar-refractivity contribution in [1.29, 1.82) is 0 Å². The quantitative estimate of drug-likeness (QED) is 0.810. The fourth-order valence-corrected chi connectivity index (χ4v) is 1.79. The lowest BCUT2D eigenvalue weighted by Crippen LogP contribution is -2.36. The van der Waals surface area contributed by atoms with E-state index in [1.54, 1.807) is 0 Å². The lowest BCUT2D eigenvalue weighted by atomic mass is 10.1. The maximum absolute atomic E-state index is 11.5. The summed E-state index contributed by atoms with van der Waals surface area (Å²) in [7, 11) is 0. The molecule has 0 spiro atoms. The smallest absolute Gasteiger partial charge is 0.266 e. The molecule has 0 aliphatic heterocycles. The summed E-state index contributed by atoms with van der Waals surface area (Å²) in [6.45, 7) is 2.61. The first-order valence-corrected chi connectivity index (χ1v) is 6.31. The predicted octanol–water partition coefficient (Wildman–Crippen LogP) is 1.66. The third-order valence-corrected chi connectivity index (χ3v) is 2.92. The molecule has 0 saturated carbocycles. The summed E-state index contributed by atoms with van der Waals surface area (Å²) < 4.78 is 1.34. The third kappa shape index (κ3) is 3.59. The molecule has 0 fully saturated rings. The van der Waals surface area contributed by atoms with Gasteiger partial charge in [0.25, 0.3) is 5.56 Å². The normalized spacial score (nSPS) is 10.6. The average Bonchev–Trinajstić information content (AvgIpc) is 2.28. The summed E-state index contributed by atoms with van der Waals surface area (Å²) in [5.74, 6) is 0. The number of hydrogen-bond donors (Lipinski definition) is 1. The van der Waals surface area contributed by atoms with Crippen molar-refractivity contribution in [2.75, 3.05) is 0 Å². The molecule has 1 aromatic rings. The second-order valence-electron chi connectivity index (χ2n) is 3.69. The van der Waals surface area contributed by atoms with Crippen molar-refractivity contribution in [3.63, 3.8) is 0 Å². The highest BCUT2D eigenvalue weighted by Gasteiger charge is 2.05. The molecule has 1 N–H and O–H groups in total. The van der Waals surface area contributed by atoms with Crippen LogP contribution in [0.2, 0.25) is 0 Å². The average molecular weight is 290 g/mol. The molecule has 6 heteroatoms. The van der Waals surface area contributed by atoms with Gasteiger partial charge in [-0.3, -0.25) is 9.36 Å². The van der Waals surface area contributed by atoms with Gasteiger partial charge in [0.1, 0.15) is 0 Å². The summed E-state index contributed by atoms with van der Waals surface area (Å²) in [6, 6.07) is 0. The highest BCUT2D eigenvalue weighted by Crippen LogP contribution is 2.02. The van der Waals surface area contributed by atoms with Crippen molar-refractivity contribution in [2.24, 2.45) is 0 Å². The van der Waals surface area contributed by atoms with Crippen LogP contribution < -0.4 is 11.2 Å². The molecule has 0 amide bonds. The number of hydrogen-bond acceptors (Lipinski definition) is 3. The standard InChI is InChI=1S/C10H16BrN3O2/c1-2-3-4-5-6-7-14-9(15)8(11)12-13-10(14)16/h2-7H2,1H3,(H,13,16). The number of nitrogens with zero attached hydrogens (tertiary/aromatic N) is 2. The first kappa shape index (κ1) is 13.2. The third-order valence-electron chi connectivity index (χ3n) is 2.40. The van der Waals surface area contributed by atoms with Crippen LogP contribution in [0.1, 0.15) is 39.0 Å². The van der Waals surface area contributed by atoms with Crippen LogP contribution >= 0.6 is 15.9 Å². The zero-order valence-corrected chi connectivity index (χ0v) is 10.9. The molecular weight excluding hydrogens is 274 g/mol. The maximum atomic E-state index is 11.5. The van der Waals surface area contributed by atoms with Crippen LogP contribution in [-0.2, 0) is 6.54 Å². The van der Waals surface area contributed by atoms with E-state index in [0.717, 1.165) is 19.3 Å². The number of aromatic nitrogens is 3. The van der Waals surface area contributed by atoms with Crippen molar-refractivity contribution >= 4 is 15.9 Å². The van der Waals surface area contributed by atoms with E-state index in [-0.39, 0.29) is 10.2 Å². The minimum Gasteiger partial charge on any atom is -0.266 e. The summed E-state index contributed by atoms with van der Waals surface area (Å²) in [4.78, 5) is 22.9. The van der Waals surface area contributed by atoms with Crippen LogP contribution in [0, 0.1) is 0 Å². The van der Waals surface area contributed by atoms with Crippen LogP contribution in [-0.4, -0.2) is 14.8 Å². The molecule has 16 heavy (non-hydrogen) atoms. The van der Waals surface area contributed by atoms with Crippen LogP contribution in [0.25, 0.3) is 0 Å². The molecule has 0 aliphatic carbocycles. The van der Waals surface area contributed by atoms with Crippen molar-refractivity contribution in [3.8, 4) is 0 Å². The van der Waals surface area contributed by atoms with Gasteiger partial charge in [-0.25, -0.2) is 9.89 Å². The largest absolute Gasteiger partial charge is 0.344 e. The molecular formula is C10H16BrN3O2. The monoisotopic (exact) mass is 289 g/mol. The van der Waals surface area contributed by atoms with Gasteiger partial charge < -0.3 is 0 Å². The highest BCUT2D eigenvalue weighted by atomic mass is 79.9. The lowest BCUT2D eigenvalue weighted by Gasteiger charge is -2.03. The van der Waals surface area contributed by atoms with E-state index in [1.165, 1.54) is 17.4 Å². The van der Waals surface area contributed by atoms with E-state index in [0.29, 0.717) is 6.54 Å². The number of nitrogens with one attached hydrogen (secondary N) is 1. The molecule has 0 unspecified atom stereocenters. The van der Waals surface area contributed by atoms with Crippen LogP contribution in [0.5, 0.6) is 0 Å². The van der Waals surface area contributed by atoms with Gasteiger partial charge in [0.05, 0.1) is 0 Å². The Hall–Kier alpha value is -0.910. The number of aromatic amines is 1. The van der Waals surface area contributed by atoms with Gasteiger partial charge in [-0.2, -0.15) is 5.10 Å². The molecule has 0 bridgehead atoms. The van der Waals surface area contributed by atoms with Crippen molar-refractivity contribution < 1.29 is 0 Å². The van der Waals surface area contributed by atoms with Crippen LogP contribution in [0.4, 0.5) is 0 Å². The van der Waals surface area contributed by atoms with Gasteiger partial charge in [0, 0.05) is 6.54 Å². The Balaban J connectivity index is 2.57. The predicted molar refractivity (Wildman–Crippen MR) is 65.6 cm³/mol. The van der Waals surface area contributed by atoms with E-state index in [9.17, 15) is 9.59 Å². The van der Waals surface area contributed by atoms with Crippen LogP contribution in [0.3, 0.4) is 0 Å². The number of halogens is 1. The minimum absolute atomic E-state index is 0.153. The molecule has 1 rings (SSSR count). The van der Waals surface area contributed by atoms with E-state index in [2.05, 4.69) is 33.1 Å². The summed E-state index contributed by atoms with van der Waals surface area (Å²) in [5.41, 5.74) is -0.803. The molecule has 90 valence electrons. The Morgan fingerprint density at radius 2 is 1.94 bits per heavy atom. The van der Waals surface area contributed by atoms with E-state index in [4.69, 9.17) is 0 Å². The van der Waals surface area contributed by atoms with Crippen LogP contribution in [0.15, 0.2) is 14.2 Å². The Labute approximate surface area is 102 Å². The topological polar surface area (TPSA) is 67.8 Å². The van der Waals surface area contributed by atoms with Crippen molar-refractivity contribution in [1.82, 2.24) is 14.8 Å². The van der Waals surface area contributed by atoms with Gasteiger partial charge >= 0.3 is 5.69 Å². The zero-order chi connectivity index (χ0) is 12.0. The van der Waals surface area contributed by atoms with E-state index >= 15 is 0 Å². The Morgan fingerprint density at radius 3 is 2.62 bits per heavy atom. The first-order chi connectivity index (χ1) is 7.66.